The van der Waals surface area contributed by atoms with E-state index in [4.69, 9.17) is 20.1 Å². The number of hydrogen-bond acceptors (Lipinski definition) is 7. The van der Waals surface area contributed by atoms with Crippen LogP contribution in [0.25, 0.3) is 39.1 Å². The molecule has 3 N–H and O–H groups in total. The first kappa shape index (κ1) is 26.7. The van der Waals surface area contributed by atoms with Crippen molar-refractivity contribution in [2.24, 2.45) is 0 Å². The van der Waals surface area contributed by atoms with E-state index < -0.39 is 12.1 Å². The van der Waals surface area contributed by atoms with E-state index >= 15 is 0 Å². The van der Waals surface area contributed by atoms with Gasteiger partial charge in [-0.3, -0.25) is 9.48 Å². The van der Waals surface area contributed by atoms with Gasteiger partial charge in [0.05, 0.1) is 17.8 Å². The van der Waals surface area contributed by atoms with Gasteiger partial charge >= 0.3 is 12.1 Å². The number of nitrogen functional groups attached to an aromatic ring is 1. The Morgan fingerprint density at radius 1 is 1.12 bits per heavy atom. The number of aliphatic carboxylic acids is 1. The molecule has 0 aliphatic carbocycles. The number of carbonyl (C=O) groups excluding carboxylic acids is 1. The van der Waals surface area contributed by atoms with E-state index in [1.54, 1.807) is 19.3 Å². The van der Waals surface area contributed by atoms with E-state index in [0.717, 1.165) is 53.7 Å². The van der Waals surface area contributed by atoms with Gasteiger partial charge in [0.2, 0.25) is 5.91 Å². The number of nitrogens with zero attached hydrogens (tertiary/aromatic N) is 6. The zero-order valence-corrected chi connectivity index (χ0v) is 21.2. The van der Waals surface area contributed by atoms with Gasteiger partial charge in [-0.25, -0.2) is 14.8 Å². The average Bonchev–Trinajstić information content (AvgIpc) is 3.68. The maximum Gasteiger partial charge on any atom is 0.490 e. The standard InChI is InChI=1S/C24H23N7O2.C2HF3O2/c1-15(32)29-8-4-17(5-9-29)31-14-16(12-28-31)20-13-27-23(25)22-19(20)11-21(33-22)18-3-2-7-30-10-6-26-24(18)30;3-2(4,5)1(6)7/h2-3,6-7,10-14,17H,4-5,8-9H2,1H3,(H2,25,27);(H,6,7). The number of alkyl halides is 3. The van der Waals surface area contributed by atoms with E-state index in [1.165, 1.54) is 0 Å². The molecule has 0 aromatic carbocycles. The number of nitrogens with two attached hydrogens (primary N) is 1. The van der Waals surface area contributed by atoms with Gasteiger partial charge in [-0.15, -0.1) is 0 Å². The number of imidazole rings is 1. The number of pyridine rings is 2. The van der Waals surface area contributed by atoms with Crippen LogP contribution >= 0.6 is 0 Å². The zero-order chi connectivity index (χ0) is 28.6. The number of furan rings is 1. The highest BCUT2D eigenvalue weighted by atomic mass is 19.4. The Morgan fingerprint density at radius 2 is 1.85 bits per heavy atom. The third kappa shape index (κ3) is 5.19. The van der Waals surface area contributed by atoms with Crippen molar-refractivity contribution in [3.8, 4) is 22.5 Å². The lowest BCUT2D eigenvalue weighted by Crippen LogP contribution is -2.37. The predicted molar refractivity (Wildman–Crippen MR) is 138 cm³/mol. The molecule has 1 fully saturated rings. The highest BCUT2D eigenvalue weighted by Crippen LogP contribution is 2.37. The van der Waals surface area contributed by atoms with Crippen LogP contribution in [0, 0.1) is 0 Å². The quantitative estimate of drug-likeness (QED) is 0.333. The molecule has 0 radical (unpaired) electrons. The van der Waals surface area contributed by atoms with Crippen molar-refractivity contribution in [2.75, 3.05) is 18.8 Å². The minimum atomic E-state index is -5.08. The second kappa shape index (κ2) is 10.4. The molecule has 40 heavy (non-hydrogen) atoms. The molecular formula is C26H24F3N7O4. The molecule has 0 saturated carbocycles. The second-order valence-corrected chi connectivity index (χ2v) is 9.24. The monoisotopic (exact) mass is 555 g/mol. The van der Waals surface area contributed by atoms with Gasteiger partial charge in [0.25, 0.3) is 0 Å². The fourth-order valence-electron chi connectivity index (χ4n) is 4.67. The Balaban J connectivity index is 0.000000411. The Labute approximate surface area is 224 Å². The largest absolute Gasteiger partial charge is 0.490 e. The third-order valence-corrected chi connectivity index (χ3v) is 6.71. The first-order valence-electron chi connectivity index (χ1n) is 12.2. The summed E-state index contributed by atoms with van der Waals surface area (Å²) < 4.78 is 41.9. The molecular weight excluding hydrogens is 531 g/mol. The van der Waals surface area contributed by atoms with E-state index in [1.807, 2.05) is 57.0 Å². The fourth-order valence-corrected chi connectivity index (χ4v) is 4.67. The highest BCUT2D eigenvalue weighted by Gasteiger charge is 2.38. The molecule has 1 aliphatic rings. The molecule has 5 aromatic rings. The van der Waals surface area contributed by atoms with E-state index in [2.05, 4.69) is 15.1 Å². The van der Waals surface area contributed by atoms with Gasteiger partial charge < -0.3 is 24.6 Å². The van der Waals surface area contributed by atoms with Crippen molar-refractivity contribution in [3.63, 3.8) is 0 Å². The number of hydrogen-bond donors (Lipinski definition) is 2. The molecule has 6 rings (SSSR count). The third-order valence-electron chi connectivity index (χ3n) is 6.71. The van der Waals surface area contributed by atoms with Crippen LogP contribution in [0.3, 0.4) is 0 Å². The number of aromatic nitrogens is 5. The number of fused-ring (bicyclic) bond motifs is 2. The molecule has 14 heteroatoms. The molecule has 11 nitrogen and oxygen atoms in total. The summed E-state index contributed by atoms with van der Waals surface area (Å²) in [4.78, 5) is 31.2. The van der Waals surface area contributed by atoms with Gasteiger partial charge in [-0.05, 0) is 31.0 Å². The van der Waals surface area contributed by atoms with Crippen LogP contribution < -0.4 is 5.73 Å². The van der Waals surface area contributed by atoms with Crippen LogP contribution in [0.2, 0.25) is 0 Å². The number of piperidine rings is 1. The number of carboxylic acid groups (broad SMARTS) is 1. The van der Waals surface area contributed by atoms with Crippen LogP contribution in [0.15, 0.2) is 59.8 Å². The fraction of sp³-hybridized carbons (Fsp3) is 0.269. The maximum atomic E-state index is 11.6. The van der Waals surface area contributed by atoms with Crippen molar-refractivity contribution in [3.05, 3.63) is 55.4 Å². The number of anilines is 1. The van der Waals surface area contributed by atoms with E-state index in [-0.39, 0.29) is 11.9 Å². The Hall–Kier alpha value is -4.88. The SMILES string of the molecule is CC(=O)N1CCC(n2cc(-c3cnc(N)c4oc(-c5cccn6ccnc56)cc34)cn2)CC1.O=C(O)C(F)(F)F. The maximum absolute atomic E-state index is 11.6. The molecule has 1 aliphatic heterocycles. The normalized spacial score (nSPS) is 14.3. The van der Waals surface area contributed by atoms with Crippen LogP contribution in [0.4, 0.5) is 19.0 Å². The van der Waals surface area contributed by atoms with Crippen molar-refractivity contribution < 1.29 is 32.3 Å². The first-order valence-corrected chi connectivity index (χ1v) is 12.2. The summed E-state index contributed by atoms with van der Waals surface area (Å²) in [5.74, 6) is -1.59. The number of carboxylic acids is 1. The Kier molecular flexibility index (Phi) is 6.92. The molecule has 0 unspecified atom stereocenters. The summed E-state index contributed by atoms with van der Waals surface area (Å²) in [6.45, 7) is 3.14. The smallest absolute Gasteiger partial charge is 0.475 e. The van der Waals surface area contributed by atoms with Crippen molar-refractivity contribution in [2.45, 2.75) is 32.0 Å². The van der Waals surface area contributed by atoms with E-state index in [0.29, 0.717) is 17.2 Å². The lowest BCUT2D eigenvalue weighted by molar-refractivity contribution is -0.192. The number of halogens is 3. The second-order valence-electron chi connectivity index (χ2n) is 9.24. The molecule has 208 valence electrons. The van der Waals surface area contributed by atoms with Crippen molar-refractivity contribution in [1.82, 2.24) is 29.0 Å². The van der Waals surface area contributed by atoms with Crippen LogP contribution in [0.1, 0.15) is 25.8 Å². The van der Waals surface area contributed by atoms with Crippen molar-refractivity contribution >= 4 is 34.3 Å². The minimum Gasteiger partial charge on any atom is -0.475 e. The topological polar surface area (TPSA) is 145 Å². The molecule has 6 heterocycles. The van der Waals surface area contributed by atoms with Crippen LogP contribution in [-0.4, -0.2) is 65.3 Å². The van der Waals surface area contributed by atoms with Crippen molar-refractivity contribution in [1.29, 1.82) is 0 Å². The average molecular weight is 556 g/mol. The first-order chi connectivity index (χ1) is 19.0. The van der Waals surface area contributed by atoms with E-state index in [9.17, 15) is 18.0 Å². The number of carbonyl (C=O) groups is 2. The molecule has 0 atom stereocenters. The molecule has 0 spiro atoms. The van der Waals surface area contributed by atoms with Gasteiger partial charge in [-0.1, -0.05) is 0 Å². The number of amides is 1. The summed E-state index contributed by atoms with van der Waals surface area (Å²) >= 11 is 0. The summed E-state index contributed by atoms with van der Waals surface area (Å²) in [6, 6.07) is 6.20. The van der Waals surface area contributed by atoms with Crippen LogP contribution in [0.5, 0.6) is 0 Å². The summed E-state index contributed by atoms with van der Waals surface area (Å²) in [5, 5.41) is 12.6. The van der Waals surface area contributed by atoms with Gasteiger partial charge in [0.15, 0.2) is 11.4 Å². The van der Waals surface area contributed by atoms with Gasteiger partial charge in [0, 0.05) is 67.5 Å². The summed E-state index contributed by atoms with van der Waals surface area (Å²) in [6.07, 6.45) is 7.98. The number of rotatable bonds is 3. The van der Waals surface area contributed by atoms with Gasteiger partial charge in [-0.2, -0.15) is 18.3 Å². The molecule has 0 bridgehead atoms. The highest BCUT2D eigenvalue weighted by molar-refractivity contribution is 6.00. The zero-order valence-electron chi connectivity index (χ0n) is 21.2. The summed E-state index contributed by atoms with van der Waals surface area (Å²) in [5.41, 5.74) is 10.3. The Morgan fingerprint density at radius 3 is 2.52 bits per heavy atom. The summed E-state index contributed by atoms with van der Waals surface area (Å²) in [7, 11) is 0. The minimum absolute atomic E-state index is 0.131. The predicted octanol–water partition coefficient (Wildman–Crippen LogP) is 4.40. The molecule has 5 aromatic heterocycles. The van der Waals surface area contributed by atoms with Gasteiger partial charge in [0.1, 0.15) is 11.4 Å². The molecule has 1 amide bonds. The molecule has 1 saturated heterocycles. The lowest BCUT2D eigenvalue weighted by Gasteiger charge is -2.31. The number of likely N-dealkylation sites (tertiary alicyclic amines) is 1. The van der Waals surface area contributed by atoms with Crippen LogP contribution in [-0.2, 0) is 9.59 Å². The lowest BCUT2D eigenvalue weighted by atomic mass is 10.0. The Bertz CT molecular complexity index is 1700.